The van der Waals surface area contributed by atoms with Crippen LogP contribution in [-0.4, -0.2) is 36.1 Å². The summed E-state index contributed by atoms with van der Waals surface area (Å²) < 4.78 is 0. The molecule has 0 radical (unpaired) electrons. The molecule has 0 saturated carbocycles. The SMILES string of the molecule is CCC(C)CC(CC)NC1CCN2CCCC2C1. The number of hydrogen-bond acceptors (Lipinski definition) is 2. The molecule has 2 heterocycles. The predicted molar refractivity (Wildman–Crippen MR) is 78.9 cm³/mol. The van der Waals surface area contributed by atoms with Gasteiger partial charge >= 0.3 is 0 Å². The van der Waals surface area contributed by atoms with E-state index in [9.17, 15) is 0 Å². The number of piperidine rings is 1. The fraction of sp³-hybridized carbons (Fsp3) is 1.00. The maximum Gasteiger partial charge on any atom is 0.0111 e. The Balaban J connectivity index is 1.77. The van der Waals surface area contributed by atoms with E-state index in [1.165, 1.54) is 58.0 Å². The van der Waals surface area contributed by atoms with Crippen LogP contribution in [0.25, 0.3) is 0 Å². The van der Waals surface area contributed by atoms with Crippen molar-refractivity contribution in [3.05, 3.63) is 0 Å². The number of hydrogen-bond donors (Lipinski definition) is 1. The van der Waals surface area contributed by atoms with Crippen LogP contribution in [-0.2, 0) is 0 Å². The normalized spacial score (nSPS) is 32.2. The Labute approximate surface area is 114 Å². The molecule has 18 heavy (non-hydrogen) atoms. The largest absolute Gasteiger partial charge is 0.311 e. The fourth-order valence-electron chi connectivity index (χ4n) is 3.71. The molecule has 2 heteroatoms. The van der Waals surface area contributed by atoms with Gasteiger partial charge < -0.3 is 10.2 Å². The van der Waals surface area contributed by atoms with Crippen LogP contribution in [0.5, 0.6) is 0 Å². The summed E-state index contributed by atoms with van der Waals surface area (Å²) in [6, 6.07) is 2.44. The van der Waals surface area contributed by atoms with Crippen molar-refractivity contribution in [1.29, 1.82) is 0 Å². The van der Waals surface area contributed by atoms with Gasteiger partial charge in [0.1, 0.15) is 0 Å². The summed E-state index contributed by atoms with van der Waals surface area (Å²) in [5.74, 6) is 0.869. The monoisotopic (exact) mass is 252 g/mol. The van der Waals surface area contributed by atoms with Crippen molar-refractivity contribution in [3.8, 4) is 0 Å². The van der Waals surface area contributed by atoms with E-state index in [4.69, 9.17) is 0 Å². The Hall–Kier alpha value is -0.0800. The predicted octanol–water partition coefficient (Wildman–Crippen LogP) is 3.42. The zero-order valence-corrected chi connectivity index (χ0v) is 12.6. The molecule has 2 nitrogen and oxygen atoms in total. The van der Waals surface area contributed by atoms with Gasteiger partial charge in [-0.2, -0.15) is 0 Å². The van der Waals surface area contributed by atoms with Gasteiger partial charge in [-0.05, 0) is 57.5 Å². The van der Waals surface area contributed by atoms with Crippen molar-refractivity contribution in [1.82, 2.24) is 10.2 Å². The molecule has 0 aliphatic carbocycles. The lowest BCUT2D eigenvalue weighted by atomic mass is 9.93. The lowest BCUT2D eigenvalue weighted by Crippen LogP contribution is -2.48. The number of nitrogens with one attached hydrogen (secondary N) is 1. The topological polar surface area (TPSA) is 15.3 Å². The van der Waals surface area contributed by atoms with Crippen molar-refractivity contribution in [2.75, 3.05) is 13.1 Å². The molecular formula is C16H32N2. The molecule has 0 spiro atoms. The highest BCUT2D eigenvalue weighted by molar-refractivity contribution is 4.90. The van der Waals surface area contributed by atoms with Crippen LogP contribution in [0.2, 0.25) is 0 Å². The average Bonchev–Trinajstić information content (AvgIpc) is 2.85. The first kappa shape index (κ1) is 14.3. The van der Waals surface area contributed by atoms with Gasteiger partial charge in [-0.15, -0.1) is 0 Å². The Morgan fingerprint density at radius 3 is 2.72 bits per heavy atom. The van der Waals surface area contributed by atoms with E-state index in [1.807, 2.05) is 0 Å². The number of fused-ring (bicyclic) bond motifs is 1. The Morgan fingerprint density at radius 1 is 1.17 bits per heavy atom. The number of nitrogens with zero attached hydrogens (tertiary/aromatic N) is 1. The molecule has 4 atom stereocenters. The van der Waals surface area contributed by atoms with Gasteiger partial charge in [0.05, 0.1) is 0 Å². The standard InChI is InChI=1S/C16H32N2/c1-4-13(3)11-14(5-2)17-15-8-10-18-9-6-7-16(18)12-15/h13-17H,4-12H2,1-3H3. The smallest absolute Gasteiger partial charge is 0.0111 e. The summed E-state index contributed by atoms with van der Waals surface area (Å²) in [5, 5.41) is 3.96. The molecule has 2 aliphatic rings. The summed E-state index contributed by atoms with van der Waals surface area (Å²) in [7, 11) is 0. The van der Waals surface area contributed by atoms with Crippen LogP contribution in [0.4, 0.5) is 0 Å². The first-order chi connectivity index (χ1) is 8.72. The van der Waals surface area contributed by atoms with Crippen LogP contribution in [0, 0.1) is 5.92 Å². The molecule has 0 aromatic rings. The molecule has 1 N–H and O–H groups in total. The minimum atomic E-state index is 0.748. The molecule has 4 unspecified atom stereocenters. The zero-order valence-electron chi connectivity index (χ0n) is 12.6. The summed E-state index contributed by atoms with van der Waals surface area (Å²) in [6.45, 7) is 9.74. The first-order valence-corrected chi connectivity index (χ1v) is 8.23. The molecule has 106 valence electrons. The zero-order chi connectivity index (χ0) is 13.0. The third-order valence-electron chi connectivity index (χ3n) is 5.17. The summed E-state index contributed by atoms with van der Waals surface area (Å²) in [4.78, 5) is 2.72. The third kappa shape index (κ3) is 3.71. The molecule has 0 bridgehead atoms. The third-order valence-corrected chi connectivity index (χ3v) is 5.17. The maximum absolute atomic E-state index is 3.96. The van der Waals surface area contributed by atoms with E-state index in [0.717, 1.165) is 24.0 Å². The highest BCUT2D eigenvalue weighted by Crippen LogP contribution is 2.27. The minimum Gasteiger partial charge on any atom is -0.311 e. The second-order valence-electron chi connectivity index (χ2n) is 6.57. The van der Waals surface area contributed by atoms with E-state index in [1.54, 1.807) is 0 Å². The lowest BCUT2D eigenvalue weighted by molar-refractivity contribution is 0.157. The van der Waals surface area contributed by atoms with Gasteiger partial charge in [0.2, 0.25) is 0 Å². The number of rotatable bonds is 6. The van der Waals surface area contributed by atoms with Gasteiger partial charge in [-0.1, -0.05) is 27.2 Å². The van der Waals surface area contributed by atoms with Crippen molar-refractivity contribution in [2.24, 2.45) is 5.92 Å². The highest BCUT2D eigenvalue weighted by atomic mass is 15.2. The van der Waals surface area contributed by atoms with Crippen LogP contribution in [0.1, 0.15) is 65.7 Å². The molecule has 2 rings (SSSR count). The van der Waals surface area contributed by atoms with Crippen molar-refractivity contribution >= 4 is 0 Å². The van der Waals surface area contributed by atoms with Crippen LogP contribution >= 0.6 is 0 Å². The van der Waals surface area contributed by atoms with Gasteiger partial charge in [-0.25, -0.2) is 0 Å². The highest BCUT2D eigenvalue weighted by Gasteiger charge is 2.32. The maximum atomic E-state index is 3.96. The van der Waals surface area contributed by atoms with Crippen LogP contribution in [0.15, 0.2) is 0 Å². The molecule has 2 aliphatic heterocycles. The summed E-state index contributed by atoms with van der Waals surface area (Å²) in [6.07, 6.45) is 9.61. The first-order valence-electron chi connectivity index (χ1n) is 8.23. The lowest BCUT2D eigenvalue weighted by Gasteiger charge is -2.37. The molecular weight excluding hydrogens is 220 g/mol. The molecule has 2 saturated heterocycles. The molecule has 0 aromatic carbocycles. The van der Waals surface area contributed by atoms with E-state index < -0.39 is 0 Å². The fourth-order valence-corrected chi connectivity index (χ4v) is 3.71. The second kappa shape index (κ2) is 6.91. The summed E-state index contributed by atoms with van der Waals surface area (Å²) in [5.41, 5.74) is 0. The van der Waals surface area contributed by atoms with E-state index in [2.05, 4.69) is 31.0 Å². The van der Waals surface area contributed by atoms with Gasteiger partial charge in [0.25, 0.3) is 0 Å². The molecule has 0 aromatic heterocycles. The Morgan fingerprint density at radius 2 is 2.00 bits per heavy atom. The molecule has 0 amide bonds. The Bertz CT molecular complexity index is 241. The van der Waals surface area contributed by atoms with Gasteiger partial charge in [0.15, 0.2) is 0 Å². The van der Waals surface area contributed by atoms with E-state index >= 15 is 0 Å². The van der Waals surface area contributed by atoms with Crippen molar-refractivity contribution < 1.29 is 0 Å². The quantitative estimate of drug-likeness (QED) is 0.779. The second-order valence-corrected chi connectivity index (χ2v) is 6.57. The van der Waals surface area contributed by atoms with E-state index in [0.29, 0.717) is 0 Å². The van der Waals surface area contributed by atoms with Crippen molar-refractivity contribution in [3.63, 3.8) is 0 Å². The van der Waals surface area contributed by atoms with Crippen molar-refractivity contribution in [2.45, 2.75) is 83.8 Å². The summed E-state index contributed by atoms with van der Waals surface area (Å²) >= 11 is 0. The Kier molecular flexibility index (Phi) is 5.50. The van der Waals surface area contributed by atoms with Crippen LogP contribution < -0.4 is 5.32 Å². The van der Waals surface area contributed by atoms with Gasteiger partial charge in [-0.3, -0.25) is 0 Å². The minimum absolute atomic E-state index is 0.748. The van der Waals surface area contributed by atoms with E-state index in [-0.39, 0.29) is 0 Å². The van der Waals surface area contributed by atoms with Crippen LogP contribution in [0.3, 0.4) is 0 Å². The molecule has 2 fully saturated rings. The van der Waals surface area contributed by atoms with Gasteiger partial charge in [0, 0.05) is 18.1 Å². The average molecular weight is 252 g/mol.